The van der Waals surface area contributed by atoms with Crippen LogP contribution >= 0.6 is 0 Å². The molecule has 0 saturated carbocycles. The van der Waals surface area contributed by atoms with Crippen molar-refractivity contribution in [3.8, 4) is 5.75 Å². The normalized spacial score (nSPS) is 11.6. The molecule has 0 amide bonds. The molecule has 0 saturated heterocycles. The average molecular weight is 366 g/mol. The summed E-state index contributed by atoms with van der Waals surface area (Å²) < 4.78 is 19.1. The SMILES string of the molecule is CC(=O)n1c(=O)c(N=Nc2noc3cc(F)ccc23)c(O)c2ccccc21. The maximum absolute atomic E-state index is 13.2. The van der Waals surface area contributed by atoms with Gasteiger partial charge in [0.25, 0.3) is 5.56 Å². The van der Waals surface area contributed by atoms with Gasteiger partial charge in [0, 0.05) is 18.4 Å². The van der Waals surface area contributed by atoms with Crippen LogP contribution in [0, 0.1) is 5.82 Å². The number of carbonyl (C=O) groups excluding carboxylic acids is 1. The van der Waals surface area contributed by atoms with Gasteiger partial charge in [0.05, 0.1) is 10.9 Å². The summed E-state index contributed by atoms with van der Waals surface area (Å²) in [5, 5.41) is 22.4. The molecular weight excluding hydrogens is 355 g/mol. The summed E-state index contributed by atoms with van der Waals surface area (Å²) >= 11 is 0. The molecule has 4 rings (SSSR count). The van der Waals surface area contributed by atoms with Crippen molar-refractivity contribution < 1.29 is 18.8 Å². The van der Waals surface area contributed by atoms with E-state index < -0.39 is 28.7 Å². The van der Waals surface area contributed by atoms with Gasteiger partial charge in [0.2, 0.25) is 11.7 Å². The van der Waals surface area contributed by atoms with Gasteiger partial charge in [-0.15, -0.1) is 10.2 Å². The van der Waals surface area contributed by atoms with E-state index in [-0.39, 0.29) is 22.3 Å². The Bertz CT molecular complexity index is 1310. The lowest BCUT2D eigenvalue weighted by molar-refractivity contribution is 0.0938. The third kappa shape index (κ3) is 2.65. The number of rotatable bonds is 2. The van der Waals surface area contributed by atoms with Crippen molar-refractivity contribution in [3.63, 3.8) is 0 Å². The van der Waals surface area contributed by atoms with Gasteiger partial charge < -0.3 is 9.63 Å². The number of nitrogens with zero attached hydrogens (tertiary/aromatic N) is 4. The van der Waals surface area contributed by atoms with Crippen LogP contribution in [-0.2, 0) is 0 Å². The Balaban J connectivity index is 1.92. The molecule has 0 spiro atoms. The lowest BCUT2D eigenvalue weighted by Gasteiger charge is -2.09. The molecule has 0 atom stereocenters. The highest BCUT2D eigenvalue weighted by atomic mass is 19.1. The zero-order chi connectivity index (χ0) is 19.1. The molecule has 0 unspecified atom stereocenters. The Hall–Kier alpha value is -3.88. The molecule has 2 heterocycles. The fourth-order valence-electron chi connectivity index (χ4n) is 2.78. The van der Waals surface area contributed by atoms with Crippen molar-refractivity contribution >= 4 is 39.3 Å². The summed E-state index contributed by atoms with van der Waals surface area (Å²) in [6, 6.07) is 10.1. The van der Waals surface area contributed by atoms with Crippen molar-refractivity contribution in [1.29, 1.82) is 0 Å². The van der Waals surface area contributed by atoms with E-state index in [1.54, 1.807) is 24.3 Å². The molecule has 4 aromatic rings. The van der Waals surface area contributed by atoms with Crippen molar-refractivity contribution in [2.75, 3.05) is 0 Å². The predicted molar refractivity (Wildman–Crippen MR) is 94.3 cm³/mol. The first-order chi connectivity index (χ1) is 13.0. The molecule has 134 valence electrons. The Morgan fingerprint density at radius 3 is 2.74 bits per heavy atom. The van der Waals surface area contributed by atoms with Gasteiger partial charge in [-0.2, -0.15) is 0 Å². The number of aromatic nitrogens is 2. The van der Waals surface area contributed by atoms with E-state index in [1.807, 2.05) is 0 Å². The second kappa shape index (κ2) is 6.13. The first kappa shape index (κ1) is 16.6. The Morgan fingerprint density at radius 1 is 1.19 bits per heavy atom. The third-order valence-corrected chi connectivity index (χ3v) is 4.00. The number of azo groups is 1. The number of fused-ring (bicyclic) bond motifs is 2. The molecule has 2 aromatic heterocycles. The quantitative estimate of drug-likeness (QED) is 0.538. The second-order valence-electron chi connectivity index (χ2n) is 5.72. The molecule has 1 N–H and O–H groups in total. The molecule has 8 nitrogen and oxygen atoms in total. The lowest BCUT2D eigenvalue weighted by Crippen LogP contribution is -2.24. The van der Waals surface area contributed by atoms with Crippen LogP contribution in [0.4, 0.5) is 15.9 Å². The highest BCUT2D eigenvalue weighted by molar-refractivity contribution is 5.96. The van der Waals surface area contributed by atoms with Gasteiger partial charge in [-0.3, -0.25) is 9.59 Å². The monoisotopic (exact) mass is 366 g/mol. The van der Waals surface area contributed by atoms with Crippen molar-refractivity contribution in [2.24, 2.45) is 10.2 Å². The zero-order valence-corrected chi connectivity index (χ0v) is 13.9. The van der Waals surface area contributed by atoms with Crippen LogP contribution < -0.4 is 5.56 Å². The van der Waals surface area contributed by atoms with Crippen LogP contribution in [0.25, 0.3) is 21.9 Å². The van der Waals surface area contributed by atoms with Gasteiger partial charge in [0.1, 0.15) is 5.82 Å². The van der Waals surface area contributed by atoms with Crippen LogP contribution in [-0.4, -0.2) is 20.7 Å². The highest BCUT2D eigenvalue weighted by Gasteiger charge is 2.18. The molecule has 0 bridgehead atoms. The van der Waals surface area contributed by atoms with Crippen molar-refractivity contribution in [1.82, 2.24) is 9.72 Å². The molecule has 0 aliphatic heterocycles. The number of pyridine rings is 1. The van der Waals surface area contributed by atoms with Gasteiger partial charge >= 0.3 is 0 Å². The zero-order valence-electron chi connectivity index (χ0n) is 13.9. The lowest BCUT2D eigenvalue weighted by atomic mass is 10.1. The van der Waals surface area contributed by atoms with Gasteiger partial charge in [-0.1, -0.05) is 17.3 Å². The van der Waals surface area contributed by atoms with E-state index in [4.69, 9.17) is 4.52 Å². The molecule has 2 aromatic carbocycles. The minimum atomic E-state index is -0.818. The summed E-state index contributed by atoms with van der Waals surface area (Å²) in [7, 11) is 0. The Morgan fingerprint density at radius 2 is 1.96 bits per heavy atom. The van der Waals surface area contributed by atoms with Crippen molar-refractivity contribution in [3.05, 3.63) is 58.6 Å². The molecule has 9 heteroatoms. The first-order valence-corrected chi connectivity index (χ1v) is 7.81. The maximum atomic E-state index is 13.2. The smallest absolute Gasteiger partial charge is 0.289 e. The van der Waals surface area contributed by atoms with E-state index >= 15 is 0 Å². The first-order valence-electron chi connectivity index (χ1n) is 7.81. The summed E-state index contributed by atoms with van der Waals surface area (Å²) in [6.45, 7) is 1.23. The van der Waals surface area contributed by atoms with Gasteiger partial charge in [-0.25, -0.2) is 8.96 Å². The Kier molecular flexibility index (Phi) is 3.76. The largest absolute Gasteiger partial charge is 0.505 e. The summed E-state index contributed by atoms with van der Waals surface area (Å²) in [5.74, 6) is -1.43. The van der Waals surface area contributed by atoms with Crippen LogP contribution in [0.1, 0.15) is 11.7 Å². The fourth-order valence-corrected chi connectivity index (χ4v) is 2.78. The van der Waals surface area contributed by atoms with E-state index in [0.29, 0.717) is 5.39 Å². The molecule has 27 heavy (non-hydrogen) atoms. The number of benzene rings is 2. The maximum Gasteiger partial charge on any atom is 0.289 e. The number of halogens is 1. The van der Waals surface area contributed by atoms with Crippen molar-refractivity contribution in [2.45, 2.75) is 6.92 Å². The molecular formula is C18H11FN4O4. The van der Waals surface area contributed by atoms with E-state index in [1.165, 1.54) is 19.1 Å². The Labute approximate surface area is 150 Å². The second-order valence-corrected chi connectivity index (χ2v) is 5.72. The summed E-state index contributed by atoms with van der Waals surface area (Å²) in [5.41, 5.74) is -0.815. The summed E-state index contributed by atoms with van der Waals surface area (Å²) in [6.07, 6.45) is 0. The topological polar surface area (TPSA) is 110 Å². The van der Waals surface area contributed by atoms with E-state index in [9.17, 15) is 19.1 Å². The van der Waals surface area contributed by atoms with Crippen LogP contribution in [0.2, 0.25) is 0 Å². The number of hydrogen-bond donors (Lipinski definition) is 1. The summed E-state index contributed by atoms with van der Waals surface area (Å²) in [4.78, 5) is 24.6. The van der Waals surface area contributed by atoms with Crippen LogP contribution in [0.3, 0.4) is 0 Å². The molecule has 0 aliphatic rings. The fraction of sp³-hybridized carbons (Fsp3) is 0.0556. The van der Waals surface area contributed by atoms with Gasteiger partial charge in [-0.05, 0) is 24.3 Å². The van der Waals surface area contributed by atoms with Crippen LogP contribution in [0.15, 0.2) is 62.0 Å². The standard InChI is InChI=1S/C18H11FN4O4/c1-9(24)23-13-5-3-2-4-11(13)16(25)15(18(23)26)20-21-17-12-7-6-10(19)8-14(12)27-22-17/h2-8,25H,1H3. The number of carbonyl (C=O) groups is 1. The number of para-hydroxylation sites is 1. The van der Waals surface area contributed by atoms with E-state index in [0.717, 1.165) is 10.6 Å². The number of aromatic hydroxyl groups is 1. The molecule has 0 radical (unpaired) electrons. The predicted octanol–water partition coefficient (Wildman–Crippen LogP) is 4.06. The molecule has 0 fully saturated rings. The van der Waals surface area contributed by atoms with Gasteiger partial charge in [0.15, 0.2) is 17.0 Å². The molecule has 0 aliphatic carbocycles. The minimum absolute atomic E-state index is 0.00586. The van der Waals surface area contributed by atoms with Crippen LogP contribution in [0.5, 0.6) is 5.75 Å². The number of hydrogen-bond acceptors (Lipinski definition) is 7. The van der Waals surface area contributed by atoms with E-state index in [2.05, 4.69) is 15.4 Å². The average Bonchev–Trinajstić information content (AvgIpc) is 3.03. The third-order valence-electron chi connectivity index (χ3n) is 4.00. The highest BCUT2D eigenvalue weighted by Crippen LogP contribution is 2.33. The minimum Gasteiger partial charge on any atom is -0.505 e.